The molecule has 1 rings (SSSR count). The average Bonchev–Trinajstić information content (AvgIpc) is 2.15. The molecule has 2 atom stereocenters. The molecule has 0 aliphatic carbocycles. The minimum atomic E-state index is 0.609. The lowest BCUT2D eigenvalue weighted by Crippen LogP contribution is -2.48. The zero-order chi connectivity index (χ0) is 10.6. The molecular weight excluding hydrogens is 172 g/mol. The van der Waals surface area contributed by atoms with Crippen molar-refractivity contribution in [2.45, 2.75) is 65.1 Å². The number of piperidine rings is 1. The maximum absolute atomic E-state index is 3.52. The van der Waals surface area contributed by atoms with Crippen molar-refractivity contribution in [1.29, 1.82) is 0 Å². The van der Waals surface area contributed by atoms with Crippen molar-refractivity contribution in [2.24, 2.45) is 0 Å². The van der Waals surface area contributed by atoms with Crippen LogP contribution in [0.15, 0.2) is 0 Å². The Hall–Kier alpha value is -0.0800. The van der Waals surface area contributed by atoms with Crippen LogP contribution in [0, 0.1) is 0 Å². The van der Waals surface area contributed by atoms with E-state index in [9.17, 15) is 0 Å². The summed E-state index contributed by atoms with van der Waals surface area (Å²) in [5.41, 5.74) is 0. The van der Waals surface area contributed by atoms with Gasteiger partial charge >= 0.3 is 0 Å². The summed E-state index contributed by atoms with van der Waals surface area (Å²) in [7, 11) is 0. The predicted octanol–water partition coefficient (Wildman–Crippen LogP) is 2.25. The van der Waals surface area contributed by atoms with Gasteiger partial charge in [-0.15, -0.1) is 0 Å². The Balaban J connectivity index is 2.30. The quantitative estimate of drug-likeness (QED) is 0.745. The molecular formula is C12H26N2. The van der Waals surface area contributed by atoms with Crippen molar-refractivity contribution >= 4 is 0 Å². The third-order valence-electron chi connectivity index (χ3n) is 3.24. The highest BCUT2D eigenvalue weighted by Gasteiger charge is 2.22. The highest BCUT2D eigenvalue weighted by molar-refractivity contribution is 4.79. The number of hydrogen-bond acceptors (Lipinski definition) is 2. The maximum atomic E-state index is 3.52. The lowest BCUT2D eigenvalue weighted by molar-refractivity contribution is 0.112. The van der Waals surface area contributed by atoms with Crippen LogP contribution < -0.4 is 5.32 Å². The number of nitrogens with zero attached hydrogens (tertiary/aromatic N) is 1. The Morgan fingerprint density at radius 3 is 2.57 bits per heavy atom. The predicted molar refractivity (Wildman–Crippen MR) is 62.6 cm³/mol. The normalized spacial score (nSPS) is 26.8. The van der Waals surface area contributed by atoms with Crippen LogP contribution in [0.3, 0.4) is 0 Å². The van der Waals surface area contributed by atoms with Crippen LogP contribution in [0.1, 0.15) is 47.0 Å². The third-order valence-corrected chi connectivity index (χ3v) is 3.24. The molecule has 2 nitrogen and oxygen atoms in total. The molecule has 1 N–H and O–H groups in total. The summed E-state index contributed by atoms with van der Waals surface area (Å²) >= 11 is 0. The van der Waals surface area contributed by atoms with Gasteiger partial charge in [-0.2, -0.15) is 0 Å². The lowest BCUT2D eigenvalue weighted by atomic mass is 10.0. The van der Waals surface area contributed by atoms with E-state index >= 15 is 0 Å². The first-order chi connectivity index (χ1) is 6.61. The second-order valence-electron chi connectivity index (χ2n) is 4.99. The van der Waals surface area contributed by atoms with Crippen molar-refractivity contribution < 1.29 is 0 Å². The van der Waals surface area contributed by atoms with E-state index < -0.39 is 0 Å². The van der Waals surface area contributed by atoms with Crippen LogP contribution >= 0.6 is 0 Å². The van der Waals surface area contributed by atoms with Crippen LogP contribution in [0.25, 0.3) is 0 Å². The molecule has 1 saturated heterocycles. The molecule has 0 bridgehead atoms. The minimum Gasteiger partial charge on any atom is -0.313 e. The number of hydrogen-bond donors (Lipinski definition) is 1. The van der Waals surface area contributed by atoms with Crippen LogP contribution in [-0.2, 0) is 0 Å². The van der Waals surface area contributed by atoms with Gasteiger partial charge in [0.05, 0.1) is 0 Å². The second kappa shape index (κ2) is 5.72. The average molecular weight is 198 g/mol. The van der Waals surface area contributed by atoms with Gasteiger partial charge < -0.3 is 5.32 Å². The summed E-state index contributed by atoms with van der Waals surface area (Å²) in [6.07, 6.45) is 4.18. The van der Waals surface area contributed by atoms with E-state index in [4.69, 9.17) is 0 Å². The Morgan fingerprint density at radius 1 is 1.29 bits per heavy atom. The van der Waals surface area contributed by atoms with Crippen LogP contribution in [0.5, 0.6) is 0 Å². The van der Waals surface area contributed by atoms with Crippen LogP contribution in [0.4, 0.5) is 0 Å². The van der Waals surface area contributed by atoms with Gasteiger partial charge in [0, 0.05) is 24.7 Å². The van der Waals surface area contributed by atoms with E-state index in [2.05, 4.69) is 37.9 Å². The fourth-order valence-electron chi connectivity index (χ4n) is 2.30. The molecule has 1 heterocycles. The Kier molecular flexibility index (Phi) is 4.90. The smallest absolute Gasteiger partial charge is 0.0195 e. The molecule has 0 amide bonds. The molecule has 0 spiro atoms. The molecule has 0 radical (unpaired) electrons. The SMILES string of the molecule is CC(C)NCC(C)N1CCCCC1C. The highest BCUT2D eigenvalue weighted by atomic mass is 15.2. The maximum Gasteiger partial charge on any atom is 0.0195 e. The standard InChI is InChI=1S/C12H26N2/c1-10(2)13-9-12(4)14-8-6-5-7-11(14)3/h10-13H,5-9H2,1-4H3. The zero-order valence-corrected chi connectivity index (χ0v) is 10.2. The monoisotopic (exact) mass is 198 g/mol. The molecule has 2 unspecified atom stereocenters. The first-order valence-corrected chi connectivity index (χ1v) is 6.10. The lowest BCUT2D eigenvalue weighted by Gasteiger charge is -2.38. The van der Waals surface area contributed by atoms with E-state index in [1.807, 2.05) is 0 Å². The highest BCUT2D eigenvalue weighted by Crippen LogP contribution is 2.18. The van der Waals surface area contributed by atoms with Gasteiger partial charge in [0.25, 0.3) is 0 Å². The third kappa shape index (κ3) is 3.58. The first kappa shape index (κ1) is 12.0. The molecule has 2 heteroatoms. The van der Waals surface area contributed by atoms with Crippen molar-refractivity contribution in [3.63, 3.8) is 0 Å². The topological polar surface area (TPSA) is 15.3 Å². The molecule has 0 aromatic carbocycles. The van der Waals surface area contributed by atoms with E-state index in [1.54, 1.807) is 0 Å². The molecule has 1 aliphatic rings. The minimum absolute atomic E-state index is 0.609. The van der Waals surface area contributed by atoms with Gasteiger partial charge in [0.15, 0.2) is 0 Å². The molecule has 14 heavy (non-hydrogen) atoms. The summed E-state index contributed by atoms with van der Waals surface area (Å²) in [6, 6.07) is 2.08. The fourth-order valence-corrected chi connectivity index (χ4v) is 2.30. The Morgan fingerprint density at radius 2 is 2.00 bits per heavy atom. The number of rotatable bonds is 4. The van der Waals surface area contributed by atoms with Gasteiger partial charge in [-0.3, -0.25) is 4.90 Å². The molecule has 84 valence electrons. The summed E-state index contributed by atoms with van der Waals surface area (Å²) in [4.78, 5) is 2.65. The molecule has 0 aromatic rings. The molecule has 0 aromatic heterocycles. The summed E-state index contributed by atoms with van der Waals surface area (Å²) in [5, 5.41) is 3.52. The first-order valence-electron chi connectivity index (χ1n) is 6.10. The van der Waals surface area contributed by atoms with E-state index in [0.29, 0.717) is 12.1 Å². The van der Waals surface area contributed by atoms with Gasteiger partial charge in [0.2, 0.25) is 0 Å². The van der Waals surface area contributed by atoms with Crippen molar-refractivity contribution in [3.8, 4) is 0 Å². The Bertz CT molecular complexity index is 156. The van der Waals surface area contributed by atoms with E-state index in [-0.39, 0.29) is 0 Å². The van der Waals surface area contributed by atoms with Crippen molar-refractivity contribution in [2.75, 3.05) is 13.1 Å². The molecule has 0 saturated carbocycles. The second-order valence-corrected chi connectivity index (χ2v) is 4.99. The van der Waals surface area contributed by atoms with Crippen LogP contribution in [0.2, 0.25) is 0 Å². The van der Waals surface area contributed by atoms with Gasteiger partial charge in [-0.25, -0.2) is 0 Å². The number of likely N-dealkylation sites (tertiary alicyclic amines) is 1. The van der Waals surface area contributed by atoms with Gasteiger partial charge in [-0.05, 0) is 33.2 Å². The van der Waals surface area contributed by atoms with Gasteiger partial charge in [0.1, 0.15) is 0 Å². The van der Waals surface area contributed by atoms with E-state index in [1.165, 1.54) is 25.8 Å². The zero-order valence-electron chi connectivity index (χ0n) is 10.2. The molecule has 1 fully saturated rings. The Labute approximate surface area is 89.1 Å². The summed E-state index contributed by atoms with van der Waals surface area (Å²) in [5.74, 6) is 0. The number of nitrogens with one attached hydrogen (secondary N) is 1. The summed E-state index contributed by atoms with van der Waals surface area (Å²) in [6.45, 7) is 11.6. The van der Waals surface area contributed by atoms with Gasteiger partial charge in [-0.1, -0.05) is 20.3 Å². The largest absolute Gasteiger partial charge is 0.313 e. The van der Waals surface area contributed by atoms with Crippen molar-refractivity contribution in [1.82, 2.24) is 10.2 Å². The van der Waals surface area contributed by atoms with Crippen molar-refractivity contribution in [3.05, 3.63) is 0 Å². The summed E-state index contributed by atoms with van der Waals surface area (Å²) < 4.78 is 0. The fraction of sp³-hybridized carbons (Fsp3) is 1.00. The van der Waals surface area contributed by atoms with E-state index in [0.717, 1.165) is 12.6 Å². The molecule has 1 aliphatic heterocycles. The van der Waals surface area contributed by atoms with Crippen LogP contribution in [-0.4, -0.2) is 36.1 Å².